The number of amides is 2. The van der Waals surface area contributed by atoms with E-state index in [4.69, 9.17) is 28.9 Å². The maximum atomic E-state index is 14.2. The Kier molecular flexibility index (Phi) is 15.6. The molecule has 69 heavy (non-hydrogen) atoms. The van der Waals surface area contributed by atoms with Crippen molar-refractivity contribution >= 4 is 78.9 Å². The van der Waals surface area contributed by atoms with Gasteiger partial charge in [0.25, 0.3) is 11.8 Å². The number of fused-ring (bicyclic) bond motifs is 6. The second-order valence-corrected chi connectivity index (χ2v) is 18.0. The molecule has 4 aliphatic rings. The summed E-state index contributed by atoms with van der Waals surface area (Å²) >= 11 is 4.51. The zero-order valence-corrected chi connectivity index (χ0v) is 43.6. The summed E-state index contributed by atoms with van der Waals surface area (Å²) in [6.07, 6.45) is 3.43. The van der Waals surface area contributed by atoms with Gasteiger partial charge in [-0.2, -0.15) is 4.89 Å². The van der Waals surface area contributed by atoms with E-state index in [0.29, 0.717) is 35.6 Å². The van der Waals surface area contributed by atoms with Crippen LogP contribution in [-0.4, -0.2) is 85.7 Å². The fourth-order valence-electron chi connectivity index (χ4n) is 9.24. The largest absolute Gasteiger partial charge is 1.00 e. The van der Waals surface area contributed by atoms with Crippen LogP contribution in [0.25, 0.3) is 32.7 Å². The predicted octanol–water partition coefficient (Wildman–Crippen LogP) is 1.77. The summed E-state index contributed by atoms with van der Waals surface area (Å²) in [5.74, 6) is 0.249. The van der Waals surface area contributed by atoms with Gasteiger partial charge in [0.15, 0.2) is 29.2 Å². The van der Waals surface area contributed by atoms with Crippen LogP contribution in [-0.2, 0) is 37.3 Å². The van der Waals surface area contributed by atoms with E-state index in [1.54, 1.807) is 23.2 Å². The Hall–Kier alpha value is -4.80. The number of nitrogens with one attached hydrogen (secondary N) is 2. The maximum Gasteiger partial charge on any atom is 1.00 e. The molecule has 0 aromatic heterocycles. The van der Waals surface area contributed by atoms with E-state index in [1.165, 1.54) is 31.3 Å². The SMILES string of the molecule is COc1cc2c(cc1OCCCOc1cc3c(cc1OC)C(=O)N1C=C(c4ccc5ccccc5c4)C[C@H]1C(S(=O)(=O)[O-])N3)NC(OOO[S-])[C@@H]1CC(c3ccc4ccccc4c3)=CN1C2=O.[Na+].[Na+]. The fourth-order valence-corrected chi connectivity index (χ4v) is 10.2. The third kappa shape index (κ3) is 10.1. The van der Waals surface area contributed by atoms with Crippen LogP contribution < -0.4 is 88.7 Å². The van der Waals surface area contributed by atoms with E-state index < -0.39 is 39.7 Å². The van der Waals surface area contributed by atoms with Gasteiger partial charge in [0.2, 0.25) is 0 Å². The van der Waals surface area contributed by atoms with Gasteiger partial charge in [-0.15, -0.1) is 0 Å². The van der Waals surface area contributed by atoms with Gasteiger partial charge in [0, 0.05) is 31.0 Å². The quantitative estimate of drug-likeness (QED) is 0.0402. The Morgan fingerprint density at radius 3 is 1.61 bits per heavy atom. The Morgan fingerprint density at radius 2 is 1.12 bits per heavy atom. The summed E-state index contributed by atoms with van der Waals surface area (Å²) in [6.45, 7) is 0.228. The second-order valence-electron chi connectivity index (χ2n) is 16.4. The van der Waals surface area contributed by atoms with E-state index >= 15 is 0 Å². The molecule has 4 atom stereocenters. The van der Waals surface area contributed by atoms with Crippen molar-refractivity contribution in [2.75, 3.05) is 38.1 Å². The molecule has 6 aromatic carbocycles. The molecule has 20 heteroatoms. The molecule has 0 bridgehead atoms. The molecule has 4 aliphatic heterocycles. The summed E-state index contributed by atoms with van der Waals surface area (Å²) in [5.41, 5.74) is 4.34. The van der Waals surface area contributed by atoms with Crippen molar-refractivity contribution in [3.63, 3.8) is 0 Å². The van der Waals surface area contributed by atoms with Crippen molar-refractivity contribution in [1.29, 1.82) is 0 Å². The average molecular weight is 989 g/mol. The Bertz CT molecular complexity index is 3140. The van der Waals surface area contributed by atoms with Crippen LogP contribution in [0.2, 0.25) is 0 Å². The monoisotopic (exact) mass is 988 g/mol. The van der Waals surface area contributed by atoms with Crippen LogP contribution in [0, 0.1) is 0 Å². The molecule has 2 N–H and O–H groups in total. The number of anilines is 2. The molecule has 0 saturated carbocycles. The van der Waals surface area contributed by atoms with Crippen LogP contribution in [0.1, 0.15) is 51.1 Å². The number of hydrogen-bond acceptors (Lipinski definition) is 15. The first kappa shape index (κ1) is 50.6. The van der Waals surface area contributed by atoms with E-state index in [-0.39, 0.29) is 107 Å². The van der Waals surface area contributed by atoms with E-state index in [1.807, 2.05) is 85.1 Å². The number of ether oxygens (including phenoxy) is 4. The first-order valence-electron chi connectivity index (χ1n) is 21.4. The Balaban J connectivity index is 0.00000321. The minimum atomic E-state index is -4.97. The molecular formula is C49H42N4Na2O12S2. The molecule has 0 spiro atoms. The summed E-state index contributed by atoms with van der Waals surface area (Å²) in [4.78, 5) is 36.9. The van der Waals surface area contributed by atoms with Crippen molar-refractivity contribution in [2.24, 2.45) is 0 Å². The summed E-state index contributed by atoms with van der Waals surface area (Å²) in [5, 5.41) is 13.4. The molecule has 16 nitrogen and oxygen atoms in total. The molecule has 2 amide bonds. The third-order valence-corrected chi connectivity index (χ3v) is 13.6. The minimum absolute atomic E-state index is 0. The number of rotatable bonds is 14. The molecule has 0 radical (unpaired) electrons. The van der Waals surface area contributed by atoms with Gasteiger partial charge < -0.3 is 61.2 Å². The van der Waals surface area contributed by atoms with Crippen LogP contribution in [0.5, 0.6) is 23.0 Å². The molecule has 2 unspecified atom stereocenters. The molecule has 344 valence electrons. The first-order chi connectivity index (χ1) is 32.5. The summed E-state index contributed by atoms with van der Waals surface area (Å²) in [7, 11) is -2.08. The molecular weight excluding hydrogens is 947 g/mol. The van der Waals surface area contributed by atoms with Gasteiger partial charge >= 0.3 is 59.1 Å². The predicted molar refractivity (Wildman–Crippen MR) is 250 cm³/mol. The molecule has 10 rings (SSSR count). The Morgan fingerprint density at radius 1 is 0.638 bits per heavy atom. The number of hydrogen-bond donors (Lipinski definition) is 2. The van der Waals surface area contributed by atoms with Gasteiger partial charge in [-0.05, 0) is 80.9 Å². The molecule has 6 aromatic rings. The zero-order chi connectivity index (χ0) is 46.4. The van der Waals surface area contributed by atoms with Crippen molar-refractivity contribution in [2.45, 2.75) is 42.9 Å². The molecule has 0 aliphatic carbocycles. The van der Waals surface area contributed by atoms with Gasteiger partial charge in [-0.25, -0.2) is 8.42 Å². The normalized spacial score (nSPS) is 19.2. The number of carbonyl (C=O) groups excluding carboxylic acids is 2. The van der Waals surface area contributed by atoms with Crippen LogP contribution >= 0.6 is 0 Å². The van der Waals surface area contributed by atoms with Crippen molar-refractivity contribution < 1.29 is 115 Å². The van der Waals surface area contributed by atoms with Gasteiger partial charge in [0.05, 0.1) is 62.0 Å². The molecule has 0 fully saturated rings. The van der Waals surface area contributed by atoms with E-state index in [9.17, 15) is 22.6 Å². The smallest absolute Gasteiger partial charge is 0.746 e. The van der Waals surface area contributed by atoms with Crippen LogP contribution in [0.15, 0.2) is 122 Å². The standard InChI is InChI=1S/C49H44N4O12S2.2Na/c1-59-42-22-36-38(50-46(63-64-65-66)40-20-34(26-52(40)48(36)54)32-14-12-28-8-3-5-10-30(28)18-32)24-44(42)61-16-7-17-62-45-25-39-37(23-43(45)60-2)49(55)53-27-35(21-41(53)47(51-39)67(56,57)58)33-15-13-29-9-4-6-11-31(29)19-33;;/h3-6,8-15,18-19,22-27,40-41,46-47,50-51,66H,7,16-17,20-21H2,1-2H3,(H,56,57,58);;/q;2*+1/p-2/t40-,41-,46?,47?;;/m0../s1. The summed E-state index contributed by atoms with van der Waals surface area (Å²) < 4.78 is 66.5. The van der Waals surface area contributed by atoms with Gasteiger partial charge in [-0.3, -0.25) is 9.59 Å². The van der Waals surface area contributed by atoms with Crippen molar-refractivity contribution in [3.05, 3.63) is 144 Å². The number of nitrogens with zero attached hydrogens (tertiary/aromatic N) is 2. The first-order valence-corrected chi connectivity index (χ1v) is 23.2. The topological polar surface area (TPSA) is 186 Å². The molecule has 0 saturated heterocycles. The van der Waals surface area contributed by atoms with Crippen molar-refractivity contribution in [3.8, 4) is 23.0 Å². The van der Waals surface area contributed by atoms with E-state index in [2.05, 4.69) is 33.9 Å². The third-order valence-electron chi connectivity index (χ3n) is 12.5. The van der Waals surface area contributed by atoms with Crippen LogP contribution in [0.4, 0.5) is 11.4 Å². The average Bonchev–Trinajstić information content (AvgIpc) is 3.95. The van der Waals surface area contributed by atoms with E-state index in [0.717, 1.165) is 43.8 Å². The minimum Gasteiger partial charge on any atom is -0.746 e. The van der Waals surface area contributed by atoms with Gasteiger partial charge in [0.1, 0.15) is 15.5 Å². The van der Waals surface area contributed by atoms with Crippen LogP contribution in [0.3, 0.4) is 0 Å². The number of benzene rings is 6. The molecule has 4 heterocycles. The Labute approximate surface area is 447 Å². The van der Waals surface area contributed by atoms with Crippen molar-refractivity contribution in [1.82, 2.24) is 9.80 Å². The van der Waals surface area contributed by atoms with Gasteiger partial charge in [-0.1, -0.05) is 77.8 Å². The maximum absolute atomic E-state index is 14.2. The fraction of sp³-hybridized carbons (Fsp3) is 0.224. The number of carbonyl (C=O) groups is 2. The second kappa shape index (κ2) is 21.3. The summed E-state index contributed by atoms with van der Waals surface area (Å²) in [6, 6.07) is 32.5. The number of methoxy groups -OCH3 is 2. The zero-order valence-electron chi connectivity index (χ0n) is 38.0.